The van der Waals surface area contributed by atoms with E-state index in [1.807, 2.05) is 6.92 Å². The average molecular weight is 196 g/mol. The second-order valence-electron chi connectivity index (χ2n) is 2.63. The number of hydrogen-bond donors (Lipinski definition) is 1. The zero-order chi connectivity index (χ0) is 9.42. The lowest BCUT2D eigenvalue weighted by Crippen LogP contribution is -1.95. The van der Waals surface area contributed by atoms with Crippen molar-refractivity contribution in [1.29, 1.82) is 0 Å². The number of hydrogen-bond acceptors (Lipinski definition) is 3. The molecule has 0 radical (unpaired) electrons. The molecule has 2 aromatic heterocycles. The molecular formula is C8H8N2O2S. The van der Waals surface area contributed by atoms with Gasteiger partial charge in [0, 0.05) is 6.54 Å². The topological polar surface area (TPSA) is 55.1 Å². The number of aromatic nitrogens is 2. The van der Waals surface area contributed by atoms with E-state index in [9.17, 15) is 4.79 Å². The van der Waals surface area contributed by atoms with Crippen LogP contribution in [0.3, 0.4) is 0 Å². The average Bonchev–Trinajstić information content (AvgIpc) is 2.60. The highest BCUT2D eigenvalue weighted by Crippen LogP contribution is 2.25. The lowest BCUT2D eigenvalue weighted by Gasteiger charge is -1.92. The van der Waals surface area contributed by atoms with Crippen molar-refractivity contribution in [3.8, 4) is 0 Å². The molecule has 5 heteroatoms. The van der Waals surface area contributed by atoms with Crippen molar-refractivity contribution >= 4 is 27.5 Å². The van der Waals surface area contributed by atoms with Crippen LogP contribution in [0.1, 0.15) is 16.6 Å². The van der Waals surface area contributed by atoms with E-state index in [2.05, 4.69) is 5.10 Å². The smallest absolute Gasteiger partial charge is 0.345 e. The SMILES string of the molecule is CCn1ncc2sc(C(=O)O)cc21. The third kappa shape index (κ3) is 1.21. The summed E-state index contributed by atoms with van der Waals surface area (Å²) in [6, 6.07) is 1.67. The summed E-state index contributed by atoms with van der Waals surface area (Å²) >= 11 is 1.26. The Morgan fingerprint density at radius 3 is 3.15 bits per heavy atom. The quantitative estimate of drug-likeness (QED) is 0.797. The van der Waals surface area contributed by atoms with E-state index in [0.29, 0.717) is 4.88 Å². The zero-order valence-electron chi connectivity index (χ0n) is 7.02. The van der Waals surface area contributed by atoms with Crippen LogP contribution in [0.25, 0.3) is 10.2 Å². The highest BCUT2D eigenvalue weighted by atomic mass is 32.1. The van der Waals surface area contributed by atoms with Gasteiger partial charge in [-0.3, -0.25) is 4.68 Å². The summed E-state index contributed by atoms with van der Waals surface area (Å²) in [5.74, 6) is -0.871. The van der Waals surface area contributed by atoms with Crippen LogP contribution in [0.2, 0.25) is 0 Å². The van der Waals surface area contributed by atoms with Crippen LogP contribution in [0.15, 0.2) is 12.3 Å². The number of fused-ring (bicyclic) bond motifs is 1. The Morgan fingerprint density at radius 1 is 1.77 bits per heavy atom. The summed E-state index contributed by atoms with van der Waals surface area (Å²) < 4.78 is 2.72. The molecule has 0 bridgehead atoms. The van der Waals surface area contributed by atoms with Crippen molar-refractivity contribution in [1.82, 2.24) is 9.78 Å². The molecule has 0 aromatic carbocycles. The van der Waals surface area contributed by atoms with Crippen molar-refractivity contribution < 1.29 is 9.90 Å². The van der Waals surface area contributed by atoms with Gasteiger partial charge < -0.3 is 5.11 Å². The van der Waals surface area contributed by atoms with Crippen LogP contribution in [0.5, 0.6) is 0 Å². The zero-order valence-corrected chi connectivity index (χ0v) is 7.84. The standard InChI is InChI=1S/C8H8N2O2S/c1-2-10-5-3-6(8(11)12)13-7(5)4-9-10/h3-4H,2H2,1H3,(H,11,12). The number of carboxylic acid groups (broad SMARTS) is 1. The van der Waals surface area contributed by atoms with E-state index in [-0.39, 0.29) is 0 Å². The molecule has 0 saturated heterocycles. The van der Waals surface area contributed by atoms with Gasteiger partial charge in [0.15, 0.2) is 0 Å². The predicted octanol–water partition coefficient (Wildman–Crippen LogP) is 1.82. The molecule has 68 valence electrons. The van der Waals surface area contributed by atoms with Gasteiger partial charge in [0.05, 0.1) is 16.4 Å². The third-order valence-corrected chi connectivity index (χ3v) is 2.89. The maximum atomic E-state index is 10.6. The molecule has 0 fully saturated rings. The van der Waals surface area contributed by atoms with E-state index < -0.39 is 5.97 Å². The monoisotopic (exact) mass is 196 g/mol. The summed E-state index contributed by atoms with van der Waals surface area (Å²) in [5.41, 5.74) is 0.907. The van der Waals surface area contributed by atoms with Crippen molar-refractivity contribution in [2.45, 2.75) is 13.5 Å². The molecule has 0 atom stereocenters. The Balaban J connectivity index is 2.63. The number of nitrogens with zero attached hydrogens (tertiary/aromatic N) is 2. The lowest BCUT2D eigenvalue weighted by molar-refractivity contribution is 0.0702. The van der Waals surface area contributed by atoms with E-state index in [1.54, 1.807) is 16.9 Å². The molecule has 2 heterocycles. The van der Waals surface area contributed by atoms with Crippen molar-refractivity contribution in [3.05, 3.63) is 17.1 Å². The summed E-state index contributed by atoms with van der Waals surface area (Å²) in [6.45, 7) is 2.74. The number of rotatable bonds is 2. The van der Waals surface area contributed by atoms with E-state index in [1.165, 1.54) is 11.3 Å². The fraction of sp³-hybridized carbons (Fsp3) is 0.250. The maximum absolute atomic E-state index is 10.6. The van der Waals surface area contributed by atoms with E-state index in [0.717, 1.165) is 16.8 Å². The molecule has 4 nitrogen and oxygen atoms in total. The summed E-state index contributed by atoms with van der Waals surface area (Å²) in [4.78, 5) is 11.0. The first-order chi connectivity index (χ1) is 6.22. The first-order valence-electron chi connectivity index (χ1n) is 3.91. The molecular weight excluding hydrogens is 188 g/mol. The first kappa shape index (κ1) is 8.25. The summed E-state index contributed by atoms with van der Waals surface area (Å²) in [7, 11) is 0. The number of carbonyl (C=O) groups is 1. The molecule has 0 unspecified atom stereocenters. The molecule has 0 spiro atoms. The van der Waals surface area contributed by atoms with E-state index >= 15 is 0 Å². The fourth-order valence-corrected chi connectivity index (χ4v) is 2.09. The number of aryl methyl sites for hydroxylation is 1. The Labute approximate surface area is 78.4 Å². The maximum Gasteiger partial charge on any atom is 0.345 e. The van der Waals surface area contributed by atoms with Crippen LogP contribution in [-0.4, -0.2) is 20.9 Å². The first-order valence-corrected chi connectivity index (χ1v) is 4.72. The fourth-order valence-electron chi connectivity index (χ4n) is 1.23. The van der Waals surface area contributed by atoms with Crippen molar-refractivity contribution in [2.75, 3.05) is 0 Å². The molecule has 1 N–H and O–H groups in total. The largest absolute Gasteiger partial charge is 0.477 e. The van der Waals surface area contributed by atoms with Crippen LogP contribution < -0.4 is 0 Å². The molecule has 0 amide bonds. The van der Waals surface area contributed by atoms with Gasteiger partial charge in [-0.15, -0.1) is 11.3 Å². The molecule has 0 saturated carbocycles. The van der Waals surface area contributed by atoms with Crippen LogP contribution in [0, 0.1) is 0 Å². The molecule has 0 aliphatic heterocycles. The third-order valence-electron chi connectivity index (χ3n) is 1.84. The number of aromatic carboxylic acids is 1. The minimum Gasteiger partial charge on any atom is -0.477 e. The Kier molecular flexibility index (Phi) is 1.81. The second-order valence-corrected chi connectivity index (χ2v) is 3.71. The van der Waals surface area contributed by atoms with Gasteiger partial charge >= 0.3 is 5.97 Å². The Hall–Kier alpha value is -1.36. The van der Waals surface area contributed by atoms with Crippen LogP contribution >= 0.6 is 11.3 Å². The van der Waals surface area contributed by atoms with E-state index in [4.69, 9.17) is 5.11 Å². The molecule has 13 heavy (non-hydrogen) atoms. The second kappa shape index (κ2) is 2.85. The van der Waals surface area contributed by atoms with Crippen molar-refractivity contribution in [3.63, 3.8) is 0 Å². The van der Waals surface area contributed by atoms with Gasteiger partial charge in [-0.1, -0.05) is 0 Å². The van der Waals surface area contributed by atoms with Crippen molar-refractivity contribution in [2.24, 2.45) is 0 Å². The molecule has 0 aliphatic carbocycles. The highest BCUT2D eigenvalue weighted by molar-refractivity contribution is 7.20. The van der Waals surface area contributed by atoms with Crippen LogP contribution in [-0.2, 0) is 6.54 Å². The number of thiophene rings is 1. The summed E-state index contributed by atoms with van der Waals surface area (Å²) in [5, 5.41) is 12.9. The number of carboxylic acids is 1. The van der Waals surface area contributed by atoms with Gasteiger partial charge in [-0.2, -0.15) is 5.10 Å². The minimum absolute atomic E-state index is 0.370. The summed E-state index contributed by atoms with van der Waals surface area (Å²) in [6.07, 6.45) is 1.70. The molecule has 2 rings (SSSR count). The van der Waals surface area contributed by atoms with Gasteiger partial charge in [0.25, 0.3) is 0 Å². The Bertz CT molecular complexity index is 458. The van der Waals surface area contributed by atoms with Gasteiger partial charge in [0.1, 0.15) is 4.88 Å². The lowest BCUT2D eigenvalue weighted by atomic mass is 10.4. The Morgan fingerprint density at radius 2 is 2.54 bits per heavy atom. The normalized spacial score (nSPS) is 10.8. The highest BCUT2D eigenvalue weighted by Gasteiger charge is 2.11. The molecule has 0 aliphatic rings. The van der Waals surface area contributed by atoms with Gasteiger partial charge in [0.2, 0.25) is 0 Å². The minimum atomic E-state index is -0.871. The van der Waals surface area contributed by atoms with Gasteiger partial charge in [-0.05, 0) is 13.0 Å². The molecule has 2 aromatic rings. The predicted molar refractivity (Wildman–Crippen MR) is 50.2 cm³/mol. The van der Waals surface area contributed by atoms with Crippen LogP contribution in [0.4, 0.5) is 0 Å². The van der Waals surface area contributed by atoms with Gasteiger partial charge in [-0.25, -0.2) is 4.79 Å².